The van der Waals surface area contributed by atoms with Crippen molar-refractivity contribution in [2.24, 2.45) is 5.84 Å². The van der Waals surface area contributed by atoms with Crippen molar-refractivity contribution in [3.05, 3.63) is 0 Å². The summed E-state index contributed by atoms with van der Waals surface area (Å²) in [5.41, 5.74) is 2.79. The molecule has 0 aromatic heterocycles. The Morgan fingerprint density at radius 1 is 1.53 bits per heavy atom. The van der Waals surface area contributed by atoms with Gasteiger partial charge in [-0.3, -0.25) is 11.3 Å². The van der Waals surface area contributed by atoms with E-state index < -0.39 is 0 Å². The average Bonchev–Trinajstić information content (AvgIpc) is 2.25. The van der Waals surface area contributed by atoms with Gasteiger partial charge in [0, 0.05) is 26.4 Å². The predicted molar refractivity (Wildman–Crippen MR) is 60.4 cm³/mol. The molecule has 4 nitrogen and oxygen atoms in total. The number of nitrogens with two attached hydrogens (primary N) is 1. The number of rotatable bonds is 6. The van der Waals surface area contributed by atoms with E-state index >= 15 is 0 Å². The standard InChI is InChI=1S/C11H24N2O2/c1-11(7-3-4-9-15-11)10(13-12)6-5-8-14-2/h10,13H,3-9,12H2,1-2H3. The van der Waals surface area contributed by atoms with Crippen LogP contribution < -0.4 is 11.3 Å². The minimum atomic E-state index is -0.0965. The van der Waals surface area contributed by atoms with E-state index in [9.17, 15) is 0 Å². The molecule has 1 fully saturated rings. The van der Waals surface area contributed by atoms with E-state index in [-0.39, 0.29) is 11.6 Å². The fourth-order valence-corrected chi connectivity index (χ4v) is 2.23. The van der Waals surface area contributed by atoms with Gasteiger partial charge in [-0.25, -0.2) is 0 Å². The Morgan fingerprint density at radius 3 is 2.87 bits per heavy atom. The first-order valence-electron chi connectivity index (χ1n) is 5.82. The summed E-state index contributed by atoms with van der Waals surface area (Å²) in [7, 11) is 1.73. The Kier molecular flexibility index (Phi) is 5.53. The maximum Gasteiger partial charge on any atom is 0.0820 e. The van der Waals surface area contributed by atoms with Gasteiger partial charge in [0.1, 0.15) is 0 Å². The van der Waals surface area contributed by atoms with Gasteiger partial charge in [-0.2, -0.15) is 0 Å². The molecule has 0 spiro atoms. The zero-order valence-electron chi connectivity index (χ0n) is 9.92. The number of methoxy groups -OCH3 is 1. The average molecular weight is 216 g/mol. The highest BCUT2D eigenvalue weighted by atomic mass is 16.5. The highest BCUT2D eigenvalue weighted by Gasteiger charge is 2.35. The normalized spacial score (nSPS) is 29.0. The van der Waals surface area contributed by atoms with Gasteiger partial charge in [0.25, 0.3) is 0 Å². The molecule has 1 saturated heterocycles. The van der Waals surface area contributed by atoms with Gasteiger partial charge in [-0.15, -0.1) is 0 Å². The van der Waals surface area contributed by atoms with Crippen LogP contribution in [0.25, 0.3) is 0 Å². The van der Waals surface area contributed by atoms with E-state index in [1.54, 1.807) is 7.11 Å². The lowest BCUT2D eigenvalue weighted by Crippen LogP contribution is -2.54. The summed E-state index contributed by atoms with van der Waals surface area (Å²) in [5.74, 6) is 5.60. The topological polar surface area (TPSA) is 56.5 Å². The van der Waals surface area contributed by atoms with E-state index in [0.29, 0.717) is 0 Å². The smallest absolute Gasteiger partial charge is 0.0820 e. The van der Waals surface area contributed by atoms with E-state index in [0.717, 1.165) is 32.5 Å². The fraction of sp³-hybridized carbons (Fsp3) is 1.00. The van der Waals surface area contributed by atoms with Crippen LogP contribution >= 0.6 is 0 Å². The molecule has 0 amide bonds. The number of hydrogen-bond acceptors (Lipinski definition) is 4. The molecule has 4 heteroatoms. The molecule has 0 aliphatic carbocycles. The van der Waals surface area contributed by atoms with Crippen molar-refractivity contribution in [3.63, 3.8) is 0 Å². The van der Waals surface area contributed by atoms with Crippen molar-refractivity contribution in [1.29, 1.82) is 0 Å². The number of ether oxygens (including phenoxy) is 2. The van der Waals surface area contributed by atoms with Crippen LogP contribution in [0.5, 0.6) is 0 Å². The van der Waals surface area contributed by atoms with Gasteiger partial charge in [0.05, 0.1) is 5.60 Å². The predicted octanol–water partition coefficient (Wildman–Crippen LogP) is 1.20. The zero-order chi connectivity index (χ0) is 11.1. The highest BCUT2D eigenvalue weighted by molar-refractivity contribution is 4.90. The van der Waals surface area contributed by atoms with E-state index in [1.807, 2.05) is 0 Å². The largest absolute Gasteiger partial charge is 0.385 e. The lowest BCUT2D eigenvalue weighted by molar-refractivity contribution is -0.0909. The Bertz CT molecular complexity index is 170. The Morgan fingerprint density at radius 2 is 2.33 bits per heavy atom. The minimum absolute atomic E-state index is 0.0965. The number of nitrogens with one attached hydrogen (secondary N) is 1. The van der Waals surface area contributed by atoms with Crippen molar-refractivity contribution >= 4 is 0 Å². The zero-order valence-corrected chi connectivity index (χ0v) is 9.92. The van der Waals surface area contributed by atoms with Crippen LogP contribution in [0.1, 0.15) is 39.0 Å². The molecule has 2 unspecified atom stereocenters. The van der Waals surface area contributed by atoms with E-state index in [4.69, 9.17) is 15.3 Å². The number of hydrogen-bond donors (Lipinski definition) is 2. The molecular formula is C11H24N2O2. The molecule has 0 bridgehead atoms. The molecule has 90 valence electrons. The van der Waals surface area contributed by atoms with Crippen LogP contribution in [-0.4, -0.2) is 32.0 Å². The van der Waals surface area contributed by atoms with Gasteiger partial charge in [0.15, 0.2) is 0 Å². The third-order valence-corrected chi connectivity index (χ3v) is 3.28. The first-order valence-corrected chi connectivity index (χ1v) is 5.82. The molecule has 15 heavy (non-hydrogen) atoms. The van der Waals surface area contributed by atoms with Crippen LogP contribution in [0.15, 0.2) is 0 Å². The molecule has 1 aliphatic heterocycles. The van der Waals surface area contributed by atoms with Crippen molar-refractivity contribution in [2.75, 3.05) is 20.3 Å². The number of hydrazine groups is 1. The lowest BCUT2D eigenvalue weighted by atomic mass is 9.86. The molecule has 1 rings (SSSR count). The quantitative estimate of drug-likeness (QED) is 0.398. The summed E-state index contributed by atoms with van der Waals surface area (Å²) in [6.07, 6.45) is 5.52. The summed E-state index contributed by atoms with van der Waals surface area (Å²) in [5, 5.41) is 0. The second kappa shape index (κ2) is 6.43. The summed E-state index contributed by atoms with van der Waals surface area (Å²) in [6.45, 7) is 3.80. The summed E-state index contributed by atoms with van der Waals surface area (Å²) >= 11 is 0. The molecule has 0 aromatic rings. The summed E-state index contributed by atoms with van der Waals surface area (Å²) < 4.78 is 10.9. The molecule has 2 atom stereocenters. The first-order chi connectivity index (χ1) is 7.23. The minimum Gasteiger partial charge on any atom is -0.385 e. The summed E-state index contributed by atoms with van der Waals surface area (Å²) in [4.78, 5) is 0. The third-order valence-electron chi connectivity index (χ3n) is 3.28. The molecule has 0 saturated carbocycles. The molecule has 0 radical (unpaired) electrons. The third kappa shape index (κ3) is 3.72. The van der Waals surface area contributed by atoms with E-state index in [2.05, 4.69) is 12.3 Å². The van der Waals surface area contributed by atoms with Crippen molar-refractivity contribution in [1.82, 2.24) is 5.43 Å². The Labute approximate surface area is 92.5 Å². The van der Waals surface area contributed by atoms with Gasteiger partial charge in [0.2, 0.25) is 0 Å². The highest BCUT2D eigenvalue weighted by Crippen LogP contribution is 2.29. The molecule has 1 heterocycles. The fourth-order valence-electron chi connectivity index (χ4n) is 2.23. The molecular weight excluding hydrogens is 192 g/mol. The molecule has 3 N–H and O–H groups in total. The molecule has 1 aliphatic rings. The second-order valence-electron chi connectivity index (χ2n) is 4.47. The molecule has 0 aromatic carbocycles. The van der Waals surface area contributed by atoms with E-state index in [1.165, 1.54) is 12.8 Å². The maximum atomic E-state index is 5.87. The van der Waals surface area contributed by atoms with Crippen molar-refractivity contribution in [2.45, 2.75) is 50.7 Å². The maximum absolute atomic E-state index is 5.87. The van der Waals surface area contributed by atoms with Crippen LogP contribution in [0.4, 0.5) is 0 Å². The Hall–Kier alpha value is -0.160. The van der Waals surface area contributed by atoms with Crippen LogP contribution in [0.2, 0.25) is 0 Å². The van der Waals surface area contributed by atoms with Gasteiger partial charge in [-0.1, -0.05) is 0 Å². The van der Waals surface area contributed by atoms with Crippen LogP contribution in [-0.2, 0) is 9.47 Å². The Balaban J connectivity index is 2.40. The van der Waals surface area contributed by atoms with Gasteiger partial charge < -0.3 is 9.47 Å². The van der Waals surface area contributed by atoms with Crippen molar-refractivity contribution in [3.8, 4) is 0 Å². The summed E-state index contributed by atoms with van der Waals surface area (Å²) in [6, 6.07) is 0.230. The van der Waals surface area contributed by atoms with Crippen LogP contribution in [0, 0.1) is 0 Å². The van der Waals surface area contributed by atoms with Gasteiger partial charge in [-0.05, 0) is 39.0 Å². The SMILES string of the molecule is COCCCC(NN)C1(C)CCCCO1. The second-order valence-corrected chi connectivity index (χ2v) is 4.47. The van der Waals surface area contributed by atoms with Crippen molar-refractivity contribution < 1.29 is 9.47 Å². The van der Waals surface area contributed by atoms with Crippen LogP contribution in [0.3, 0.4) is 0 Å². The van der Waals surface area contributed by atoms with Gasteiger partial charge >= 0.3 is 0 Å². The first kappa shape index (κ1) is 12.9. The lowest BCUT2D eigenvalue weighted by Gasteiger charge is -2.40. The monoisotopic (exact) mass is 216 g/mol.